The third kappa shape index (κ3) is 4.36. The largest absolute Gasteiger partial charge is 0.398 e. The monoisotopic (exact) mass is 300 g/mol. The highest BCUT2D eigenvalue weighted by molar-refractivity contribution is 6.33. The summed E-state index contributed by atoms with van der Waals surface area (Å²) in [4.78, 5) is 11.8. The van der Waals surface area contributed by atoms with Crippen molar-refractivity contribution in [3.8, 4) is 0 Å². The lowest BCUT2D eigenvalue weighted by Crippen LogP contribution is -2.07. The van der Waals surface area contributed by atoms with Gasteiger partial charge >= 0.3 is 0 Å². The molecule has 0 radical (unpaired) electrons. The number of nitrogens with one attached hydrogen (secondary N) is 1. The van der Waals surface area contributed by atoms with E-state index in [1.54, 1.807) is 24.3 Å². The topological polar surface area (TPSA) is 55.1 Å². The molecule has 2 aromatic carbocycles. The molecule has 3 N–H and O–H groups in total. The summed E-state index contributed by atoms with van der Waals surface area (Å²) in [5, 5.41) is 3.31. The average Bonchev–Trinajstić information content (AvgIpc) is 2.49. The average molecular weight is 301 g/mol. The van der Waals surface area contributed by atoms with Gasteiger partial charge in [-0.05, 0) is 47.9 Å². The molecule has 2 aromatic rings. The smallest absolute Gasteiger partial charge is 0.248 e. The Kier molecular flexibility index (Phi) is 5.01. The van der Waals surface area contributed by atoms with Crippen LogP contribution in [0.3, 0.4) is 0 Å². The normalized spacial score (nSPS) is 10.8. The van der Waals surface area contributed by atoms with E-state index in [1.165, 1.54) is 11.6 Å². The maximum atomic E-state index is 11.8. The van der Waals surface area contributed by atoms with E-state index in [-0.39, 0.29) is 5.91 Å². The summed E-state index contributed by atoms with van der Waals surface area (Å²) in [6.07, 6.45) is 4.14. The third-order valence-electron chi connectivity index (χ3n) is 3.08. The highest BCUT2D eigenvalue weighted by Gasteiger charge is 1.99. The van der Waals surface area contributed by atoms with Gasteiger partial charge in [0.05, 0.1) is 10.7 Å². The fourth-order valence-electron chi connectivity index (χ4n) is 1.85. The van der Waals surface area contributed by atoms with Crippen LogP contribution in [0.1, 0.15) is 18.1 Å². The van der Waals surface area contributed by atoms with E-state index >= 15 is 0 Å². The molecule has 0 fully saturated rings. The van der Waals surface area contributed by atoms with Gasteiger partial charge in [-0.2, -0.15) is 0 Å². The quantitative estimate of drug-likeness (QED) is 0.658. The molecule has 0 unspecified atom stereocenters. The van der Waals surface area contributed by atoms with Crippen molar-refractivity contribution in [3.63, 3.8) is 0 Å². The van der Waals surface area contributed by atoms with Crippen LogP contribution in [0.15, 0.2) is 48.5 Å². The Morgan fingerprint density at radius 3 is 2.57 bits per heavy atom. The molecule has 3 nitrogen and oxygen atoms in total. The molecule has 108 valence electrons. The van der Waals surface area contributed by atoms with E-state index in [0.717, 1.165) is 17.7 Å². The van der Waals surface area contributed by atoms with Gasteiger partial charge in [-0.25, -0.2) is 0 Å². The molecule has 4 heteroatoms. The molecule has 21 heavy (non-hydrogen) atoms. The second kappa shape index (κ2) is 6.95. The number of aryl methyl sites for hydroxylation is 1. The lowest BCUT2D eigenvalue weighted by atomic mass is 10.1. The van der Waals surface area contributed by atoms with Gasteiger partial charge in [-0.1, -0.05) is 36.7 Å². The van der Waals surface area contributed by atoms with E-state index in [0.29, 0.717) is 10.7 Å². The highest BCUT2D eigenvalue weighted by Crippen LogP contribution is 2.20. The number of nitrogens with two attached hydrogens (primary N) is 1. The van der Waals surface area contributed by atoms with Gasteiger partial charge in [-0.3, -0.25) is 4.79 Å². The van der Waals surface area contributed by atoms with Crippen molar-refractivity contribution < 1.29 is 4.79 Å². The maximum absolute atomic E-state index is 11.8. The number of hydrogen-bond acceptors (Lipinski definition) is 2. The lowest BCUT2D eigenvalue weighted by Gasteiger charge is -2.03. The minimum absolute atomic E-state index is 0.187. The van der Waals surface area contributed by atoms with E-state index in [9.17, 15) is 4.79 Å². The first-order valence-electron chi connectivity index (χ1n) is 6.71. The second-order valence-electron chi connectivity index (χ2n) is 4.65. The predicted octanol–water partition coefficient (Wildman–Crippen LogP) is 4.14. The van der Waals surface area contributed by atoms with Crippen molar-refractivity contribution in [1.82, 2.24) is 0 Å². The van der Waals surface area contributed by atoms with Gasteiger partial charge in [0.2, 0.25) is 5.91 Å². The molecule has 0 atom stereocenters. The van der Waals surface area contributed by atoms with Crippen LogP contribution in [-0.4, -0.2) is 5.91 Å². The molecule has 0 saturated carbocycles. The zero-order chi connectivity index (χ0) is 15.2. The molecule has 0 saturated heterocycles. The molecular weight excluding hydrogens is 284 g/mol. The Labute approximate surface area is 129 Å². The molecule has 0 heterocycles. The van der Waals surface area contributed by atoms with Crippen LogP contribution in [0.2, 0.25) is 5.02 Å². The summed E-state index contributed by atoms with van der Waals surface area (Å²) in [5.41, 5.74) is 9.05. The van der Waals surface area contributed by atoms with Crippen molar-refractivity contribution in [3.05, 3.63) is 64.7 Å². The van der Waals surface area contributed by atoms with Crippen molar-refractivity contribution in [1.29, 1.82) is 0 Å². The number of carbonyl (C=O) groups is 1. The van der Waals surface area contributed by atoms with Gasteiger partial charge in [0, 0.05) is 11.8 Å². The molecule has 0 bridgehead atoms. The van der Waals surface area contributed by atoms with Crippen LogP contribution in [-0.2, 0) is 11.2 Å². The van der Waals surface area contributed by atoms with Crippen molar-refractivity contribution in [2.75, 3.05) is 11.1 Å². The molecule has 0 aliphatic heterocycles. The van der Waals surface area contributed by atoms with Crippen LogP contribution in [0.25, 0.3) is 6.08 Å². The Morgan fingerprint density at radius 1 is 1.24 bits per heavy atom. The minimum atomic E-state index is -0.187. The first kappa shape index (κ1) is 15.1. The standard InChI is InChI=1S/C17H17ClN2O/c1-2-12-3-7-14(8-4-12)20-17(21)10-6-13-5-9-15(18)16(19)11-13/h3-11H,2,19H2,1H3,(H,20,21)/b10-6+. The van der Waals surface area contributed by atoms with Gasteiger partial charge in [-0.15, -0.1) is 0 Å². The van der Waals surface area contributed by atoms with Crippen molar-refractivity contribution in [2.24, 2.45) is 0 Å². The number of amides is 1. The van der Waals surface area contributed by atoms with Crippen LogP contribution < -0.4 is 11.1 Å². The van der Waals surface area contributed by atoms with Gasteiger partial charge < -0.3 is 11.1 Å². The van der Waals surface area contributed by atoms with Gasteiger partial charge in [0.25, 0.3) is 0 Å². The highest BCUT2D eigenvalue weighted by atomic mass is 35.5. The zero-order valence-corrected chi connectivity index (χ0v) is 12.5. The number of anilines is 2. The van der Waals surface area contributed by atoms with Crippen LogP contribution in [0.5, 0.6) is 0 Å². The van der Waals surface area contributed by atoms with E-state index in [1.807, 2.05) is 24.3 Å². The number of nitrogen functional groups attached to an aromatic ring is 1. The molecule has 0 spiro atoms. The first-order valence-corrected chi connectivity index (χ1v) is 7.09. The fraction of sp³-hybridized carbons (Fsp3) is 0.118. The van der Waals surface area contributed by atoms with Gasteiger partial charge in [0.15, 0.2) is 0 Å². The molecule has 0 aromatic heterocycles. The maximum Gasteiger partial charge on any atom is 0.248 e. The Bertz CT molecular complexity index is 663. The summed E-state index contributed by atoms with van der Waals surface area (Å²) in [6.45, 7) is 2.09. The number of hydrogen-bond donors (Lipinski definition) is 2. The number of rotatable bonds is 4. The number of carbonyl (C=O) groups excluding carboxylic acids is 1. The van der Waals surface area contributed by atoms with E-state index < -0.39 is 0 Å². The molecule has 1 amide bonds. The second-order valence-corrected chi connectivity index (χ2v) is 5.06. The molecule has 2 rings (SSSR count). The van der Waals surface area contributed by atoms with Gasteiger partial charge in [0.1, 0.15) is 0 Å². The summed E-state index contributed by atoms with van der Waals surface area (Å²) in [6, 6.07) is 13.0. The summed E-state index contributed by atoms with van der Waals surface area (Å²) in [7, 11) is 0. The number of halogens is 1. The third-order valence-corrected chi connectivity index (χ3v) is 3.42. The zero-order valence-electron chi connectivity index (χ0n) is 11.8. The molecular formula is C17H17ClN2O. The van der Waals surface area contributed by atoms with E-state index in [2.05, 4.69) is 12.2 Å². The van der Waals surface area contributed by atoms with Crippen LogP contribution >= 0.6 is 11.6 Å². The number of benzene rings is 2. The fourth-order valence-corrected chi connectivity index (χ4v) is 1.96. The predicted molar refractivity (Wildman–Crippen MR) is 89.3 cm³/mol. The molecule has 0 aliphatic carbocycles. The summed E-state index contributed by atoms with van der Waals surface area (Å²) >= 11 is 5.85. The van der Waals surface area contributed by atoms with Crippen LogP contribution in [0, 0.1) is 0 Å². The van der Waals surface area contributed by atoms with Crippen molar-refractivity contribution >= 4 is 35.0 Å². The lowest BCUT2D eigenvalue weighted by molar-refractivity contribution is -0.111. The summed E-state index contributed by atoms with van der Waals surface area (Å²) < 4.78 is 0. The SMILES string of the molecule is CCc1ccc(NC(=O)/C=C/c2ccc(Cl)c(N)c2)cc1. The Morgan fingerprint density at radius 2 is 1.95 bits per heavy atom. The molecule has 0 aliphatic rings. The van der Waals surface area contributed by atoms with Crippen molar-refractivity contribution in [2.45, 2.75) is 13.3 Å². The van der Waals surface area contributed by atoms with E-state index in [4.69, 9.17) is 17.3 Å². The Hall–Kier alpha value is -2.26. The first-order chi connectivity index (χ1) is 10.1. The van der Waals surface area contributed by atoms with Crippen LogP contribution in [0.4, 0.5) is 11.4 Å². The Balaban J connectivity index is 1.99. The minimum Gasteiger partial charge on any atom is -0.398 e. The summed E-state index contributed by atoms with van der Waals surface area (Å²) in [5.74, 6) is -0.187.